The lowest BCUT2D eigenvalue weighted by Gasteiger charge is -2.34. The number of hydrogen-bond donors (Lipinski definition) is 1. The maximum absolute atomic E-state index is 9.64. The van der Waals surface area contributed by atoms with Gasteiger partial charge in [0.25, 0.3) is 0 Å². The van der Waals surface area contributed by atoms with Crippen LogP contribution in [0.4, 0.5) is 0 Å². The summed E-state index contributed by atoms with van der Waals surface area (Å²) >= 11 is 0. The van der Waals surface area contributed by atoms with Gasteiger partial charge >= 0.3 is 7.12 Å². The standard InChI is InChI=1S/C20H24BNO4/c1-20(2)7-6-17-16(4-5-18(24-3)19(17)26-20)14-8-13(10-22-11-14)15-9-21(23)25-12-15/h4-5,8,10-11,15,23H,6-7,9,12H2,1-3H3/t15-/m0/s1. The van der Waals surface area contributed by atoms with Crippen LogP contribution in [0.2, 0.25) is 6.32 Å². The van der Waals surface area contributed by atoms with Crippen molar-refractivity contribution < 1.29 is 19.2 Å². The molecule has 1 N–H and O–H groups in total. The molecule has 0 saturated carbocycles. The first-order valence-corrected chi connectivity index (χ1v) is 9.11. The second-order valence-corrected chi connectivity index (χ2v) is 7.71. The zero-order valence-corrected chi connectivity index (χ0v) is 15.5. The van der Waals surface area contributed by atoms with Gasteiger partial charge in [0.2, 0.25) is 0 Å². The summed E-state index contributed by atoms with van der Waals surface area (Å²) in [4.78, 5) is 4.44. The third-order valence-corrected chi connectivity index (χ3v) is 5.32. The smallest absolute Gasteiger partial charge is 0.454 e. The fourth-order valence-corrected chi connectivity index (χ4v) is 3.82. The molecular formula is C20H24BNO4. The van der Waals surface area contributed by atoms with Gasteiger partial charge in [-0.25, -0.2) is 0 Å². The van der Waals surface area contributed by atoms with Crippen LogP contribution in [0.5, 0.6) is 11.5 Å². The Balaban J connectivity index is 1.75. The summed E-state index contributed by atoms with van der Waals surface area (Å²) < 4.78 is 17.1. The van der Waals surface area contributed by atoms with Crippen molar-refractivity contribution in [3.63, 3.8) is 0 Å². The van der Waals surface area contributed by atoms with Crippen LogP contribution in [0.1, 0.15) is 37.3 Å². The van der Waals surface area contributed by atoms with Gasteiger partial charge in [0.05, 0.1) is 7.11 Å². The van der Waals surface area contributed by atoms with Crippen LogP contribution in [0.25, 0.3) is 11.1 Å². The molecule has 6 heteroatoms. The van der Waals surface area contributed by atoms with Gasteiger partial charge in [-0.05, 0) is 56.3 Å². The molecule has 3 heterocycles. The second-order valence-electron chi connectivity index (χ2n) is 7.71. The zero-order valence-electron chi connectivity index (χ0n) is 15.5. The molecule has 5 nitrogen and oxygen atoms in total. The highest BCUT2D eigenvalue weighted by atomic mass is 16.5. The summed E-state index contributed by atoms with van der Waals surface area (Å²) in [7, 11) is 1.00. The average molecular weight is 353 g/mol. The van der Waals surface area contributed by atoms with E-state index in [-0.39, 0.29) is 11.5 Å². The quantitative estimate of drug-likeness (QED) is 0.857. The molecule has 0 aliphatic carbocycles. The monoisotopic (exact) mass is 353 g/mol. The molecule has 0 amide bonds. The van der Waals surface area contributed by atoms with Crippen molar-refractivity contribution >= 4 is 7.12 Å². The average Bonchev–Trinajstić information content (AvgIpc) is 3.06. The SMILES string of the molecule is COc1ccc(-c2cncc([C@@H]3COB(O)C3)c2)c2c1OC(C)(C)CC2. The summed E-state index contributed by atoms with van der Waals surface area (Å²) in [5.41, 5.74) is 4.26. The molecule has 136 valence electrons. The third-order valence-electron chi connectivity index (χ3n) is 5.32. The first kappa shape index (κ1) is 17.4. The Kier molecular flexibility index (Phi) is 4.41. The normalized spacial score (nSPS) is 21.2. The van der Waals surface area contributed by atoms with Crippen molar-refractivity contribution in [1.82, 2.24) is 4.98 Å². The Hall–Kier alpha value is -2.05. The molecule has 0 radical (unpaired) electrons. The van der Waals surface area contributed by atoms with E-state index < -0.39 is 7.12 Å². The molecule has 0 spiro atoms. The van der Waals surface area contributed by atoms with Gasteiger partial charge in [0.1, 0.15) is 5.60 Å². The van der Waals surface area contributed by atoms with E-state index in [1.807, 2.05) is 18.5 Å². The fourth-order valence-electron chi connectivity index (χ4n) is 3.82. The third kappa shape index (κ3) is 3.19. The highest BCUT2D eigenvalue weighted by molar-refractivity contribution is 6.43. The van der Waals surface area contributed by atoms with Crippen molar-refractivity contribution in [2.45, 2.75) is 44.5 Å². The van der Waals surface area contributed by atoms with Crippen molar-refractivity contribution in [3.8, 4) is 22.6 Å². The van der Waals surface area contributed by atoms with Crippen LogP contribution in [-0.2, 0) is 11.1 Å². The molecule has 0 unspecified atom stereocenters. The van der Waals surface area contributed by atoms with Crippen LogP contribution < -0.4 is 9.47 Å². The second kappa shape index (κ2) is 6.60. The minimum atomic E-state index is -0.673. The van der Waals surface area contributed by atoms with E-state index in [1.165, 1.54) is 5.56 Å². The molecule has 1 aromatic carbocycles. The minimum absolute atomic E-state index is 0.182. The molecule has 1 saturated heterocycles. The van der Waals surface area contributed by atoms with Crippen molar-refractivity contribution in [3.05, 3.63) is 41.7 Å². The van der Waals surface area contributed by atoms with E-state index in [0.717, 1.165) is 41.0 Å². The van der Waals surface area contributed by atoms with Crippen LogP contribution in [0, 0.1) is 0 Å². The Morgan fingerprint density at radius 2 is 2.15 bits per heavy atom. The summed E-state index contributed by atoms with van der Waals surface area (Å²) in [6, 6.07) is 6.20. The predicted octanol–water partition coefficient (Wildman–Crippen LogP) is 3.46. The van der Waals surface area contributed by atoms with Gasteiger partial charge in [-0.15, -0.1) is 0 Å². The Morgan fingerprint density at radius 1 is 1.31 bits per heavy atom. The Morgan fingerprint density at radius 3 is 2.88 bits per heavy atom. The lowest BCUT2D eigenvalue weighted by Crippen LogP contribution is -2.33. The number of pyridine rings is 1. The lowest BCUT2D eigenvalue weighted by atomic mass is 9.79. The molecule has 1 fully saturated rings. The molecule has 0 bridgehead atoms. The summed E-state index contributed by atoms with van der Waals surface area (Å²) in [5.74, 6) is 1.79. The first-order chi connectivity index (χ1) is 12.5. The van der Waals surface area contributed by atoms with Crippen molar-refractivity contribution in [2.24, 2.45) is 0 Å². The number of aromatic nitrogens is 1. The minimum Gasteiger partial charge on any atom is -0.493 e. The Labute approximate surface area is 154 Å². The van der Waals surface area contributed by atoms with Gasteiger partial charge in [-0.3, -0.25) is 4.98 Å². The highest BCUT2D eigenvalue weighted by Gasteiger charge is 2.32. The van der Waals surface area contributed by atoms with E-state index in [2.05, 4.69) is 31.0 Å². The largest absolute Gasteiger partial charge is 0.493 e. The van der Waals surface area contributed by atoms with E-state index in [1.54, 1.807) is 7.11 Å². The van der Waals surface area contributed by atoms with Gasteiger partial charge in [-0.1, -0.05) is 6.07 Å². The Bertz CT molecular complexity index is 823. The zero-order chi connectivity index (χ0) is 18.3. The maximum atomic E-state index is 9.64. The molecule has 2 aliphatic heterocycles. The number of nitrogens with zero attached hydrogens (tertiary/aromatic N) is 1. The maximum Gasteiger partial charge on any atom is 0.454 e. The molecule has 1 atom stereocenters. The molecule has 2 aromatic rings. The number of methoxy groups -OCH3 is 1. The highest BCUT2D eigenvalue weighted by Crippen LogP contribution is 2.45. The van der Waals surface area contributed by atoms with Crippen molar-refractivity contribution in [2.75, 3.05) is 13.7 Å². The fraction of sp³-hybridized carbons (Fsp3) is 0.450. The number of hydrogen-bond acceptors (Lipinski definition) is 5. The molecule has 26 heavy (non-hydrogen) atoms. The van der Waals surface area contributed by atoms with E-state index in [0.29, 0.717) is 12.9 Å². The first-order valence-electron chi connectivity index (χ1n) is 9.11. The van der Waals surface area contributed by atoms with Crippen LogP contribution >= 0.6 is 0 Å². The molecule has 1 aromatic heterocycles. The van der Waals surface area contributed by atoms with Gasteiger partial charge in [0.15, 0.2) is 11.5 Å². The topological polar surface area (TPSA) is 60.8 Å². The summed E-state index contributed by atoms with van der Waals surface area (Å²) in [6.07, 6.45) is 6.26. The van der Waals surface area contributed by atoms with E-state index in [9.17, 15) is 5.02 Å². The van der Waals surface area contributed by atoms with Crippen LogP contribution in [-0.4, -0.2) is 36.4 Å². The molecule has 4 rings (SSSR count). The van der Waals surface area contributed by atoms with Crippen LogP contribution in [0.15, 0.2) is 30.6 Å². The van der Waals surface area contributed by atoms with E-state index in [4.69, 9.17) is 14.1 Å². The van der Waals surface area contributed by atoms with E-state index >= 15 is 0 Å². The molecule has 2 aliphatic rings. The predicted molar refractivity (Wildman–Crippen MR) is 101 cm³/mol. The van der Waals surface area contributed by atoms with Crippen LogP contribution in [0.3, 0.4) is 0 Å². The van der Waals surface area contributed by atoms with Gasteiger partial charge < -0.3 is 19.2 Å². The number of benzene rings is 1. The number of rotatable bonds is 3. The summed E-state index contributed by atoms with van der Waals surface area (Å²) in [5, 5.41) is 9.64. The number of fused-ring (bicyclic) bond motifs is 1. The summed E-state index contributed by atoms with van der Waals surface area (Å²) in [6.45, 7) is 4.75. The number of ether oxygens (including phenoxy) is 2. The van der Waals surface area contributed by atoms with Crippen molar-refractivity contribution in [1.29, 1.82) is 0 Å². The molecular weight excluding hydrogens is 329 g/mol. The van der Waals surface area contributed by atoms with Gasteiger partial charge in [-0.2, -0.15) is 0 Å². The van der Waals surface area contributed by atoms with Gasteiger partial charge in [0, 0.05) is 36.0 Å². The lowest BCUT2D eigenvalue weighted by molar-refractivity contribution is 0.0807.